The second kappa shape index (κ2) is 5.73. The predicted octanol–water partition coefficient (Wildman–Crippen LogP) is 3.19. The van der Waals surface area contributed by atoms with Crippen LogP contribution in [0.2, 0.25) is 0 Å². The molecule has 0 saturated heterocycles. The molecule has 0 bridgehead atoms. The Labute approximate surface area is 138 Å². The molecule has 0 amide bonds. The first-order chi connectivity index (χ1) is 10.8. The highest BCUT2D eigenvalue weighted by Gasteiger charge is 2.56. The van der Waals surface area contributed by atoms with Gasteiger partial charge >= 0.3 is 5.97 Å². The van der Waals surface area contributed by atoms with Gasteiger partial charge in [-0.3, -0.25) is 4.79 Å². The average molecular weight is 320 g/mol. The SMILES string of the molecule is C[C@]12CC[C@H](O)CC1=CC[C@H]1C(CC=O)[C@@](C)(C(=O)O)CC[C@@H]12. The van der Waals surface area contributed by atoms with Gasteiger partial charge < -0.3 is 15.0 Å². The minimum absolute atomic E-state index is 0.0725. The molecule has 2 N–H and O–H groups in total. The van der Waals surface area contributed by atoms with E-state index in [-0.39, 0.29) is 23.4 Å². The Morgan fingerprint density at radius 2 is 2.09 bits per heavy atom. The smallest absolute Gasteiger partial charge is 0.309 e. The number of carboxylic acid groups (broad SMARTS) is 1. The van der Waals surface area contributed by atoms with Gasteiger partial charge in [0.1, 0.15) is 6.29 Å². The van der Waals surface area contributed by atoms with Crippen LogP contribution in [-0.4, -0.2) is 28.6 Å². The molecule has 4 heteroatoms. The van der Waals surface area contributed by atoms with Crippen molar-refractivity contribution in [3.8, 4) is 0 Å². The van der Waals surface area contributed by atoms with Crippen molar-refractivity contribution in [1.82, 2.24) is 0 Å². The van der Waals surface area contributed by atoms with E-state index in [9.17, 15) is 19.8 Å². The summed E-state index contributed by atoms with van der Waals surface area (Å²) in [5.74, 6) is -0.147. The molecule has 1 unspecified atom stereocenters. The van der Waals surface area contributed by atoms with E-state index in [1.54, 1.807) is 0 Å². The van der Waals surface area contributed by atoms with Crippen LogP contribution in [0.5, 0.6) is 0 Å². The lowest BCUT2D eigenvalue weighted by Crippen LogP contribution is -2.53. The van der Waals surface area contributed by atoms with E-state index in [4.69, 9.17) is 0 Å². The third-order valence-electron chi connectivity index (χ3n) is 7.31. The van der Waals surface area contributed by atoms with Crippen molar-refractivity contribution in [2.24, 2.45) is 28.6 Å². The van der Waals surface area contributed by atoms with Crippen LogP contribution in [0, 0.1) is 28.6 Å². The lowest BCUT2D eigenvalue weighted by Gasteiger charge is -2.57. The molecule has 0 aromatic rings. The Hall–Kier alpha value is -1.16. The summed E-state index contributed by atoms with van der Waals surface area (Å²) >= 11 is 0. The number of hydrogen-bond acceptors (Lipinski definition) is 3. The zero-order valence-corrected chi connectivity index (χ0v) is 14.1. The summed E-state index contributed by atoms with van der Waals surface area (Å²) in [6.45, 7) is 4.12. The molecular weight excluding hydrogens is 292 g/mol. The van der Waals surface area contributed by atoms with Crippen LogP contribution >= 0.6 is 0 Å². The lowest BCUT2D eigenvalue weighted by molar-refractivity contribution is -0.161. The highest BCUT2D eigenvalue weighted by Crippen LogP contribution is 2.61. The van der Waals surface area contributed by atoms with Crippen molar-refractivity contribution in [1.29, 1.82) is 0 Å². The summed E-state index contributed by atoms with van der Waals surface area (Å²) < 4.78 is 0. The molecule has 0 aromatic heterocycles. The second-order valence-electron chi connectivity index (χ2n) is 8.32. The number of carboxylic acids is 1. The fraction of sp³-hybridized carbons (Fsp3) is 0.789. The molecule has 23 heavy (non-hydrogen) atoms. The number of aliphatic hydroxyl groups excluding tert-OH is 1. The van der Waals surface area contributed by atoms with Crippen molar-refractivity contribution < 1.29 is 19.8 Å². The van der Waals surface area contributed by atoms with Crippen LogP contribution in [-0.2, 0) is 9.59 Å². The van der Waals surface area contributed by atoms with E-state index < -0.39 is 11.4 Å². The third kappa shape index (κ3) is 2.46. The molecule has 0 radical (unpaired) electrons. The molecule has 2 saturated carbocycles. The van der Waals surface area contributed by atoms with Crippen molar-refractivity contribution in [2.75, 3.05) is 0 Å². The van der Waals surface area contributed by atoms with E-state index in [2.05, 4.69) is 13.0 Å². The van der Waals surface area contributed by atoms with Gasteiger partial charge in [-0.1, -0.05) is 18.6 Å². The molecule has 0 heterocycles. The van der Waals surface area contributed by atoms with Crippen LogP contribution < -0.4 is 0 Å². The molecule has 6 atom stereocenters. The van der Waals surface area contributed by atoms with Gasteiger partial charge in [-0.15, -0.1) is 0 Å². The van der Waals surface area contributed by atoms with E-state index in [0.717, 1.165) is 38.4 Å². The maximum absolute atomic E-state index is 11.9. The standard InChI is InChI=1S/C19H28O4/c1-18-8-5-13(21)11-12(18)3-4-14-15(18)6-9-19(2,17(22)23)16(14)7-10-20/h3,10,13-16,21H,4-9,11H2,1-2H3,(H,22,23)/t13-,14+,15-,16?,18-,19-/m0/s1. The van der Waals surface area contributed by atoms with Crippen LogP contribution in [0.25, 0.3) is 0 Å². The summed E-state index contributed by atoms with van der Waals surface area (Å²) in [6, 6.07) is 0. The monoisotopic (exact) mass is 320 g/mol. The molecular formula is C19H28O4. The van der Waals surface area contributed by atoms with Gasteiger partial charge in [-0.25, -0.2) is 0 Å². The van der Waals surface area contributed by atoms with Gasteiger partial charge in [-0.2, -0.15) is 0 Å². The molecule has 3 aliphatic carbocycles. The Kier molecular flexibility index (Phi) is 4.16. The van der Waals surface area contributed by atoms with E-state index in [0.29, 0.717) is 18.8 Å². The summed E-state index contributed by atoms with van der Waals surface area (Å²) in [7, 11) is 0. The highest BCUT2D eigenvalue weighted by molar-refractivity contribution is 5.75. The number of aliphatic carboxylic acids is 1. The number of aldehydes is 1. The van der Waals surface area contributed by atoms with Crippen molar-refractivity contribution in [3.05, 3.63) is 11.6 Å². The first-order valence-corrected chi connectivity index (χ1v) is 8.87. The lowest BCUT2D eigenvalue weighted by atomic mass is 9.47. The number of fused-ring (bicyclic) bond motifs is 3. The second-order valence-corrected chi connectivity index (χ2v) is 8.32. The number of allylic oxidation sites excluding steroid dienone is 1. The zero-order valence-electron chi connectivity index (χ0n) is 14.1. The van der Waals surface area contributed by atoms with E-state index in [1.807, 2.05) is 6.92 Å². The first-order valence-electron chi connectivity index (χ1n) is 8.87. The van der Waals surface area contributed by atoms with Gasteiger partial charge in [-0.05, 0) is 68.6 Å². The normalized spacial score (nSPS) is 46.3. The highest BCUT2D eigenvalue weighted by atomic mass is 16.4. The quantitative estimate of drug-likeness (QED) is 0.618. The molecule has 3 rings (SSSR count). The maximum atomic E-state index is 11.9. The molecule has 128 valence electrons. The van der Waals surface area contributed by atoms with Crippen LogP contribution in [0.1, 0.15) is 58.8 Å². The fourth-order valence-corrected chi connectivity index (χ4v) is 5.77. The number of carbonyl (C=O) groups is 2. The summed E-state index contributed by atoms with van der Waals surface area (Å²) in [5, 5.41) is 19.7. The van der Waals surface area contributed by atoms with Gasteiger partial charge in [0.05, 0.1) is 11.5 Å². The van der Waals surface area contributed by atoms with Gasteiger partial charge in [0.15, 0.2) is 0 Å². The number of aliphatic hydroxyl groups is 1. The predicted molar refractivity (Wildman–Crippen MR) is 86.8 cm³/mol. The summed E-state index contributed by atoms with van der Waals surface area (Å²) in [4.78, 5) is 23.1. The van der Waals surface area contributed by atoms with E-state index in [1.165, 1.54) is 5.57 Å². The average Bonchev–Trinajstić information content (AvgIpc) is 2.50. The first kappa shape index (κ1) is 16.7. The van der Waals surface area contributed by atoms with E-state index >= 15 is 0 Å². The minimum atomic E-state index is -0.794. The Morgan fingerprint density at radius 3 is 2.74 bits per heavy atom. The van der Waals surface area contributed by atoms with Crippen molar-refractivity contribution >= 4 is 12.3 Å². The number of hydrogen-bond donors (Lipinski definition) is 2. The molecule has 4 nitrogen and oxygen atoms in total. The summed E-state index contributed by atoms with van der Waals surface area (Å²) in [6.07, 6.45) is 8.22. The molecule has 0 aliphatic heterocycles. The fourth-order valence-electron chi connectivity index (χ4n) is 5.77. The van der Waals surface area contributed by atoms with Gasteiger partial charge in [0.2, 0.25) is 0 Å². The molecule has 0 aromatic carbocycles. The van der Waals surface area contributed by atoms with Crippen molar-refractivity contribution in [2.45, 2.75) is 64.9 Å². The minimum Gasteiger partial charge on any atom is -0.481 e. The zero-order chi connectivity index (χ0) is 16.8. The Balaban J connectivity index is 1.97. The molecule has 0 spiro atoms. The van der Waals surface area contributed by atoms with Gasteiger partial charge in [0, 0.05) is 6.42 Å². The number of rotatable bonds is 3. The van der Waals surface area contributed by atoms with Crippen LogP contribution in [0.3, 0.4) is 0 Å². The largest absolute Gasteiger partial charge is 0.481 e. The van der Waals surface area contributed by atoms with Crippen LogP contribution in [0.4, 0.5) is 0 Å². The Bertz CT molecular complexity index is 539. The van der Waals surface area contributed by atoms with Gasteiger partial charge in [0.25, 0.3) is 0 Å². The third-order valence-corrected chi connectivity index (χ3v) is 7.31. The maximum Gasteiger partial charge on any atom is 0.309 e. The topological polar surface area (TPSA) is 74.6 Å². The van der Waals surface area contributed by atoms with Crippen LogP contribution in [0.15, 0.2) is 11.6 Å². The number of carbonyl (C=O) groups excluding carboxylic acids is 1. The molecule has 3 aliphatic rings. The summed E-state index contributed by atoms with van der Waals surface area (Å²) in [5.41, 5.74) is 0.641. The Morgan fingerprint density at radius 1 is 1.35 bits per heavy atom. The van der Waals surface area contributed by atoms with Crippen molar-refractivity contribution in [3.63, 3.8) is 0 Å². The molecule has 2 fully saturated rings.